The molecule has 0 heterocycles. The van der Waals surface area contributed by atoms with Gasteiger partial charge in [0.15, 0.2) is 6.29 Å². The summed E-state index contributed by atoms with van der Waals surface area (Å²) in [7, 11) is 0. The van der Waals surface area contributed by atoms with Crippen molar-refractivity contribution in [1.82, 2.24) is 0 Å². The van der Waals surface area contributed by atoms with Gasteiger partial charge in [-0.3, -0.25) is 4.79 Å². The number of rotatable bonds is 7. The maximum Gasteiger partial charge on any atom is 0.293 e. The van der Waals surface area contributed by atoms with Crippen molar-refractivity contribution in [2.75, 3.05) is 6.61 Å². The Kier molecular flexibility index (Phi) is 5.31. The van der Waals surface area contributed by atoms with Crippen LogP contribution in [-0.2, 0) is 19.0 Å². The van der Waals surface area contributed by atoms with E-state index in [4.69, 9.17) is 14.2 Å². The molecule has 2 rings (SSSR count). The van der Waals surface area contributed by atoms with Crippen LogP contribution in [0.2, 0.25) is 0 Å². The van der Waals surface area contributed by atoms with Gasteiger partial charge in [-0.05, 0) is 57.8 Å². The van der Waals surface area contributed by atoms with Crippen LogP contribution in [0.15, 0.2) is 0 Å². The monoisotopic (exact) mass is 298 g/mol. The van der Waals surface area contributed by atoms with Crippen LogP contribution in [0, 0.1) is 11.8 Å². The molecular weight excluding hydrogens is 268 g/mol. The average molecular weight is 298 g/mol. The number of carbonyl (C=O) groups excluding carboxylic acids is 1. The van der Waals surface area contributed by atoms with Crippen molar-refractivity contribution in [3.8, 4) is 0 Å². The maximum absolute atomic E-state index is 11.0. The number of carbonyl (C=O) groups is 1. The SMILES string of the molecule is CCCOC(C)OC1(C)CC2CC(C)CC(OC=O)(C2)C1. The van der Waals surface area contributed by atoms with Gasteiger partial charge < -0.3 is 14.2 Å². The molecule has 0 N–H and O–H groups in total. The Balaban J connectivity index is 2.05. The fraction of sp³-hybridized carbons (Fsp3) is 0.941. The summed E-state index contributed by atoms with van der Waals surface area (Å²) >= 11 is 0. The summed E-state index contributed by atoms with van der Waals surface area (Å²) in [6.45, 7) is 9.79. The molecule has 0 amide bonds. The highest BCUT2D eigenvalue weighted by Gasteiger charge is 2.52. The van der Waals surface area contributed by atoms with Crippen molar-refractivity contribution in [3.63, 3.8) is 0 Å². The minimum atomic E-state index is -0.332. The summed E-state index contributed by atoms with van der Waals surface area (Å²) in [5, 5.41) is 0. The van der Waals surface area contributed by atoms with Gasteiger partial charge in [-0.1, -0.05) is 13.8 Å². The Bertz CT molecular complexity index is 355. The Labute approximate surface area is 128 Å². The highest BCUT2D eigenvalue weighted by molar-refractivity contribution is 5.39. The van der Waals surface area contributed by atoms with Crippen LogP contribution < -0.4 is 0 Å². The summed E-state index contributed by atoms with van der Waals surface area (Å²) in [6, 6.07) is 0. The summed E-state index contributed by atoms with van der Waals surface area (Å²) in [6.07, 6.45) is 5.72. The summed E-state index contributed by atoms with van der Waals surface area (Å²) in [4.78, 5) is 11.0. The smallest absolute Gasteiger partial charge is 0.293 e. The second-order valence-corrected chi connectivity index (χ2v) is 7.40. The topological polar surface area (TPSA) is 44.8 Å². The molecule has 2 aliphatic rings. The van der Waals surface area contributed by atoms with E-state index in [1.807, 2.05) is 6.92 Å². The van der Waals surface area contributed by atoms with Crippen LogP contribution in [0.5, 0.6) is 0 Å². The van der Waals surface area contributed by atoms with E-state index in [1.54, 1.807) is 0 Å². The zero-order chi connectivity index (χ0) is 15.5. The van der Waals surface area contributed by atoms with E-state index in [0.29, 0.717) is 24.9 Å². The quantitative estimate of drug-likeness (QED) is 0.531. The predicted octanol–water partition coefficient (Wildman–Crippen LogP) is 3.68. The molecule has 122 valence electrons. The molecule has 5 unspecified atom stereocenters. The van der Waals surface area contributed by atoms with Crippen molar-refractivity contribution >= 4 is 6.47 Å². The van der Waals surface area contributed by atoms with Gasteiger partial charge in [0.05, 0.1) is 5.60 Å². The Morgan fingerprint density at radius 2 is 2.10 bits per heavy atom. The molecule has 2 aliphatic carbocycles. The predicted molar refractivity (Wildman–Crippen MR) is 80.8 cm³/mol. The van der Waals surface area contributed by atoms with E-state index in [2.05, 4.69) is 20.8 Å². The lowest BCUT2D eigenvalue weighted by Gasteiger charge is -2.53. The minimum absolute atomic E-state index is 0.209. The first-order chi connectivity index (χ1) is 9.90. The van der Waals surface area contributed by atoms with Gasteiger partial charge in [-0.15, -0.1) is 0 Å². The molecule has 0 aliphatic heterocycles. The minimum Gasteiger partial charge on any atom is -0.461 e. The molecular formula is C17H30O4. The van der Waals surface area contributed by atoms with E-state index in [0.717, 1.165) is 32.1 Å². The molecule has 0 aromatic rings. The molecule has 0 radical (unpaired) electrons. The lowest BCUT2D eigenvalue weighted by atomic mass is 9.61. The number of hydrogen-bond donors (Lipinski definition) is 0. The summed E-state index contributed by atoms with van der Waals surface area (Å²) < 4.78 is 17.4. The molecule has 0 saturated heterocycles. The zero-order valence-electron chi connectivity index (χ0n) is 13.9. The second kappa shape index (κ2) is 6.66. The highest BCUT2D eigenvalue weighted by Crippen LogP contribution is 2.51. The first kappa shape index (κ1) is 16.8. The van der Waals surface area contributed by atoms with E-state index in [1.165, 1.54) is 6.42 Å². The molecule has 0 spiro atoms. The third kappa shape index (κ3) is 4.19. The molecule has 2 bridgehead atoms. The van der Waals surface area contributed by atoms with E-state index in [9.17, 15) is 4.79 Å². The van der Waals surface area contributed by atoms with Crippen LogP contribution in [0.25, 0.3) is 0 Å². The van der Waals surface area contributed by atoms with Crippen LogP contribution in [0.3, 0.4) is 0 Å². The third-order valence-corrected chi connectivity index (χ3v) is 4.84. The van der Waals surface area contributed by atoms with Crippen molar-refractivity contribution < 1.29 is 19.0 Å². The molecule has 0 aromatic carbocycles. The Morgan fingerprint density at radius 3 is 2.76 bits per heavy atom. The van der Waals surface area contributed by atoms with Crippen molar-refractivity contribution in [2.45, 2.75) is 83.7 Å². The maximum atomic E-state index is 11.0. The van der Waals surface area contributed by atoms with Gasteiger partial charge >= 0.3 is 0 Å². The molecule has 4 heteroatoms. The fourth-order valence-electron chi connectivity index (χ4n) is 4.69. The third-order valence-electron chi connectivity index (χ3n) is 4.84. The van der Waals surface area contributed by atoms with Crippen LogP contribution in [0.1, 0.15) is 66.2 Å². The number of hydrogen-bond acceptors (Lipinski definition) is 4. The first-order valence-electron chi connectivity index (χ1n) is 8.31. The fourth-order valence-corrected chi connectivity index (χ4v) is 4.69. The second-order valence-electron chi connectivity index (χ2n) is 7.40. The number of fused-ring (bicyclic) bond motifs is 2. The molecule has 4 nitrogen and oxygen atoms in total. The molecule has 5 atom stereocenters. The van der Waals surface area contributed by atoms with E-state index < -0.39 is 0 Å². The zero-order valence-corrected chi connectivity index (χ0v) is 13.9. The molecule has 0 aromatic heterocycles. The Hall–Kier alpha value is -0.610. The first-order valence-corrected chi connectivity index (χ1v) is 8.31. The van der Waals surface area contributed by atoms with Gasteiger partial charge in [-0.25, -0.2) is 0 Å². The van der Waals surface area contributed by atoms with Crippen molar-refractivity contribution in [3.05, 3.63) is 0 Å². The van der Waals surface area contributed by atoms with Crippen LogP contribution >= 0.6 is 0 Å². The summed E-state index contributed by atoms with van der Waals surface area (Å²) in [5.74, 6) is 1.19. The van der Waals surface area contributed by atoms with Gasteiger partial charge in [0, 0.05) is 13.0 Å². The van der Waals surface area contributed by atoms with E-state index >= 15 is 0 Å². The summed E-state index contributed by atoms with van der Waals surface area (Å²) in [5.41, 5.74) is -0.596. The largest absolute Gasteiger partial charge is 0.461 e. The lowest BCUT2D eigenvalue weighted by molar-refractivity contribution is -0.241. The lowest BCUT2D eigenvalue weighted by Crippen LogP contribution is -2.54. The van der Waals surface area contributed by atoms with Gasteiger partial charge in [0.2, 0.25) is 0 Å². The van der Waals surface area contributed by atoms with E-state index in [-0.39, 0.29) is 17.5 Å². The Morgan fingerprint density at radius 1 is 1.33 bits per heavy atom. The molecule has 2 fully saturated rings. The standard InChI is InChI=1S/C17H30O4/c1-5-6-19-14(3)21-16(4)9-15-7-13(2)8-17(10-15,11-16)20-12-18/h12-15H,5-11H2,1-4H3. The highest BCUT2D eigenvalue weighted by atomic mass is 16.7. The van der Waals surface area contributed by atoms with Crippen molar-refractivity contribution in [2.24, 2.45) is 11.8 Å². The van der Waals surface area contributed by atoms with Crippen molar-refractivity contribution in [1.29, 1.82) is 0 Å². The molecule has 21 heavy (non-hydrogen) atoms. The van der Waals surface area contributed by atoms with Gasteiger partial charge in [0.25, 0.3) is 6.47 Å². The average Bonchev–Trinajstić information content (AvgIpc) is 2.33. The van der Waals surface area contributed by atoms with Crippen LogP contribution in [-0.4, -0.2) is 30.6 Å². The van der Waals surface area contributed by atoms with Gasteiger partial charge in [-0.2, -0.15) is 0 Å². The van der Waals surface area contributed by atoms with Crippen LogP contribution in [0.4, 0.5) is 0 Å². The molecule has 2 saturated carbocycles. The van der Waals surface area contributed by atoms with Gasteiger partial charge in [0.1, 0.15) is 5.60 Å². The number of ether oxygens (including phenoxy) is 3. The normalized spacial score (nSPS) is 40.6.